The first kappa shape index (κ1) is 11.8. The van der Waals surface area contributed by atoms with Crippen LogP contribution in [0.25, 0.3) is 0 Å². The van der Waals surface area contributed by atoms with Crippen LogP contribution in [0.1, 0.15) is 11.5 Å². The summed E-state index contributed by atoms with van der Waals surface area (Å²) < 4.78 is 0. The van der Waals surface area contributed by atoms with Gasteiger partial charge in [0.1, 0.15) is 6.29 Å². The van der Waals surface area contributed by atoms with Gasteiger partial charge in [0.05, 0.1) is 4.92 Å². The second-order valence-corrected chi connectivity index (χ2v) is 3.13. The number of aldehydes is 1. The van der Waals surface area contributed by atoms with E-state index < -0.39 is 4.92 Å². The Hall–Kier alpha value is -2.23. The summed E-state index contributed by atoms with van der Waals surface area (Å²) in [6, 6.07) is 6.17. The lowest BCUT2D eigenvalue weighted by Crippen LogP contribution is -1.92. The highest BCUT2D eigenvalue weighted by Gasteiger charge is 2.07. The maximum absolute atomic E-state index is 10.4. The minimum atomic E-state index is -0.450. The molecule has 0 aliphatic heterocycles. The van der Waals surface area contributed by atoms with E-state index in [1.54, 1.807) is 24.3 Å². The first-order valence-corrected chi connectivity index (χ1v) is 4.68. The number of benzene rings is 1. The zero-order chi connectivity index (χ0) is 12.0. The summed E-state index contributed by atoms with van der Waals surface area (Å²) in [6.07, 6.45) is 5.41. The second-order valence-electron chi connectivity index (χ2n) is 3.13. The number of nitro benzene ring substituents is 1. The molecule has 0 aliphatic rings. The molecule has 1 aromatic carbocycles. The molecule has 1 atom stereocenters. The standard InChI is InChI=1S/C12H11NO3/c1-2-10(4-3-9-14)11-5-7-12(8-6-11)13(15)16/h2-10H,1H2/b4-3+/t10-/m0/s1. The van der Waals surface area contributed by atoms with Gasteiger partial charge in [-0.1, -0.05) is 24.3 Å². The summed E-state index contributed by atoms with van der Waals surface area (Å²) >= 11 is 0. The van der Waals surface area contributed by atoms with Gasteiger partial charge in [-0.2, -0.15) is 0 Å². The van der Waals surface area contributed by atoms with Gasteiger partial charge in [-0.05, 0) is 11.6 Å². The van der Waals surface area contributed by atoms with Crippen LogP contribution < -0.4 is 0 Å². The molecule has 0 aromatic heterocycles. The molecule has 0 bridgehead atoms. The number of non-ortho nitro benzene ring substituents is 1. The average molecular weight is 217 g/mol. The molecule has 0 unspecified atom stereocenters. The zero-order valence-corrected chi connectivity index (χ0v) is 8.58. The van der Waals surface area contributed by atoms with Crippen LogP contribution in [0.3, 0.4) is 0 Å². The molecule has 1 rings (SSSR count). The van der Waals surface area contributed by atoms with Crippen LogP contribution in [-0.2, 0) is 4.79 Å². The summed E-state index contributed by atoms with van der Waals surface area (Å²) in [5, 5.41) is 10.4. The van der Waals surface area contributed by atoms with Crippen LogP contribution in [0.15, 0.2) is 49.1 Å². The fourth-order valence-electron chi connectivity index (χ4n) is 1.31. The van der Waals surface area contributed by atoms with Gasteiger partial charge < -0.3 is 0 Å². The maximum atomic E-state index is 10.4. The Morgan fingerprint density at radius 2 is 1.94 bits per heavy atom. The van der Waals surface area contributed by atoms with Gasteiger partial charge in [0, 0.05) is 18.1 Å². The Bertz CT molecular complexity index is 420. The van der Waals surface area contributed by atoms with E-state index in [1.165, 1.54) is 18.2 Å². The fraction of sp³-hybridized carbons (Fsp3) is 0.0833. The van der Waals surface area contributed by atoms with Crippen molar-refractivity contribution in [3.05, 3.63) is 64.8 Å². The number of carbonyl (C=O) groups is 1. The van der Waals surface area contributed by atoms with Gasteiger partial charge in [-0.15, -0.1) is 6.58 Å². The van der Waals surface area contributed by atoms with Crippen molar-refractivity contribution in [3.8, 4) is 0 Å². The zero-order valence-electron chi connectivity index (χ0n) is 8.58. The number of nitrogens with zero attached hydrogens (tertiary/aromatic N) is 1. The Morgan fingerprint density at radius 1 is 1.31 bits per heavy atom. The molecule has 0 amide bonds. The Morgan fingerprint density at radius 3 is 2.38 bits per heavy atom. The van der Waals surface area contributed by atoms with E-state index >= 15 is 0 Å². The van der Waals surface area contributed by atoms with Crippen molar-refractivity contribution in [1.29, 1.82) is 0 Å². The maximum Gasteiger partial charge on any atom is 0.269 e. The number of nitro groups is 1. The normalized spacial score (nSPS) is 12.2. The number of hydrogen-bond donors (Lipinski definition) is 0. The molecule has 0 saturated carbocycles. The van der Waals surface area contributed by atoms with E-state index in [2.05, 4.69) is 6.58 Å². The molecule has 82 valence electrons. The lowest BCUT2D eigenvalue weighted by Gasteiger charge is -2.06. The predicted molar refractivity (Wildman–Crippen MR) is 61.2 cm³/mol. The summed E-state index contributed by atoms with van der Waals surface area (Å²) in [5.41, 5.74) is 0.907. The molecule has 4 heteroatoms. The van der Waals surface area contributed by atoms with Crippen LogP contribution >= 0.6 is 0 Å². The summed E-state index contributed by atoms with van der Waals surface area (Å²) in [7, 11) is 0. The molecule has 0 N–H and O–H groups in total. The van der Waals surface area contributed by atoms with E-state index in [0.717, 1.165) is 5.56 Å². The first-order valence-electron chi connectivity index (χ1n) is 4.68. The minimum Gasteiger partial charge on any atom is -0.299 e. The Balaban J connectivity index is 2.94. The quantitative estimate of drug-likeness (QED) is 0.250. The Kier molecular flexibility index (Phi) is 4.15. The lowest BCUT2D eigenvalue weighted by atomic mass is 9.98. The molecule has 0 saturated heterocycles. The molecular formula is C12H11NO3. The molecule has 0 radical (unpaired) electrons. The van der Waals surface area contributed by atoms with Gasteiger partial charge in [-0.3, -0.25) is 14.9 Å². The minimum absolute atomic E-state index is 0.0472. The van der Waals surface area contributed by atoms with Crippen LogP contribution in [0.5, 0.6) is 0 Å². The van der Waals surface area contributed by atoms with Gasteiger partial charge in [0.15, 0.2) is 0 Å². The third-order valence-electron chi connectivity index (χ3n) is 2.14. The summed E-state index contributed by atoms with van der Waals surface area (Å²) in [4.78, 5) is 20.2. The van der Waals surface area contributed by atoms with Gasteiger partial charge in [0.2, 0.25) is 0 Å². The molecule has 1 aromatic rings. The third kappa shape index (κ3) is 2.88. The molecule has 0 heterocycles. The fourth-order valence-corrected chi connectivity index (χ4v) is 1.31. The van der Waals surface area contributed by atoms with E-state index in [1.807, 2.05) is 0 Å². The molecule has 16 heavy (non-hydrogen) atoms. The topological polar surface area (TPSA) is 60.2 Å². The number of hydrogen-bond acceptors (Lipinski definition) is 3. The Labute approximate surface area is 93.1 Å². The third-order valence-corrected chi connectivity index (χ3v) is 2.14. The van der Waals surface area contributed by atoms with Crippen molar-refractivity contribution in [2.75, 3.05) is 0 Å². The highest BCUT2D eigenvalue weighted by molar-refractivity contribution is 5.65. The van der Waals surface area contributed by atoms with Crippen molar-refractivity contribution in [3.63, 3.8) is 0 Å². The lowest BCUT2D eigenvalue weighted by molar-refractivity contribution is -0.384. The number of rotatable bonds is 5. The van der Waals surface area contributed by atoms with Crippen molar-refractivity contribution < 1.29 is 9.72 Å². The molecule has 0 fully saturated rings. The van der Waals surface area contributed by atoms with Crippen LogP contribution in [0.4, 0.5) is 5.69 Å². The van der Waals surface area contributed by atoms with Crippen molar-refractivity contribution in [1.82, 2.24) is 0 Å². The highest BCUT2D eigenvalue weighted by atomic mass is 16.6. The summed E-state index contributed by atoms with van der Waals surface area (Å²) in [5.74, 6) is -0.106. The highest BCUT2D eigenvalue weighted by Crippen LogP contribution is 2.21. The van der Waals surface area contributed by atoms with Gasteiger partial charge in [0.25, 0.3) is 5.69 Å². The first-order chi connectivity index (χ1) is 7.69. The van der Waals surface area contributed by atoms with Crippen molar-refractivity contribution in [2.45, 2.75) is 5.92 Å². The van der Waals surface area contributed by atoms with Crippen LogP contribution in [0, 0.1) is 10.1 Å². The molecule has 0 spiro atoms. The van der Waals surface area contributed by atoms with E-state index in [4.69, 9.17) is 0 Å². The largest absolute Gasteiger partial charge is 0.299 e. The van der Waals surface area contributed by atoms with Crippen molar-refractivity contribution >= 4 is 12.0 Å². The molecule has 4 nitrogen and oxygen atoms in total. The van der Waals surface area contributed by atoms with Gasteiger partial charge in [-0.25, -0.2) is 0 Å². The predicted octanol–water partition coefficient (Wildman–Crippen LogP) is 2.62. The number of allylic oxidation sites excluding steroid dienone is 3. The van der Waals surface area contributed by atoms with Gasteiger partial charge >= 0.3 is 0 Å². The SMILES string of the molecule is C=C[C@@H](/C=C/C=O)c1ccc([N+](=O)[O-])cc1. The average Bonchev–Trinajstić information content (AvgIpc) is 2.30. The molecular weight excluding hydrogens is 206 g/mol. The number of carbonyl (C=O) groups excluding carboxylic acids is 1. The summed E-state index contributed by atoms with van der Waals surface area (Å²) in [6.45, 7) is 3.65. The smallest absolute Gasteiger partial charge is 0.269 e. The molecule has 0 aliphatic carbocycles. The monoisotopic (exact) mass is 217 g/mol. The van der Waals surface area contributed by atoms with Crippen molar-refractivity contribution in [2.24, 2.45) is 0 Å². The van der Waals surface area contributed by atoms with E-state index in [0.29, 0.717) is 6.29 Å². The second kappa shape index (κ2) is 5.60. The van der Waals surface area contributed by atoms with Crippen LogP contribution in [0.2, 0.25) is 0 Å². The van der Waals surface area contributed by atoms with E-state index in [-0.39, 0.29) is 11.6 Å². The van der Waals surface area contributed by atoms with Crippen LogP contribution in [-0.4, -0.2) is 11.2 Å². The van der Waals surface area contributed by atoms with E-state index in [9.17, 15) is 14.9 Å².